The van der Waals surface area contributed by atoms with Gasteiger partial charge in [-0.15, -0.1) is 0 Å². The van der Waals surface area contributed by atoms with Crippen molar-refractivity contribution in [3.05, 3.63) is 11.7 Å². The molecule has 0 aliphatic rings. The first-order valence-corrected chi connectivity index (χ1v) is 6.88. The summed E-state index contributed by atoms with van der Waals surface area (Å²) in [6.07, 6.45) is -1.72. The molecular weight excluding hydrogens is 287 g/mol. The van der Waals surface area contributed by atoms with Crippen LogP contribution in [-0.2, 0) is 17.6 Å². The number of alkyl halides is 3. The minimum atomic E-state index is -4.31. The van der Waals surface area contributed by atoms with Gasteiger partial charge in [-0.05, 0) is 24.8 Å². The van der Waals surface area contributed by atoms with Gasteiger partial charge in [0.1, 0.15) is 6.61 Å². The highest BCUT2D eigenvalue weighted by molar-refractivity contribution is 4.88. The number of hydrogen-bond donors (Lipinski definition) is 1. The van der Waals surface area contributed by atoms with E-state index in [1.807, 2.05) is 0 Å². The van der Waals surface area contributed by atoms with Crippen molar-refractivity contribution in [2.75, 3.05) is 19.8 Å². The fourth-order valence-corrected chi connectivity index (χ4v) is 1.81. The van der Waals surface area contributed by atoms with Crippen LogP contribution in [0.5, 0.6) is 0 Å². The molecule has 1 aromatic rings. The summed E-state index contributed by atoms with van der Waals surface area (Å²) in [4.78, 5) is 4.14. The number of hydrogen-bond acceptors (Lipinski definition) is 5. The maximum absolute atomic E-state index is 11.9. The average molecular weight is 309 g/mol. The Kier molecular flexibility index (Phi) is 6.60. The monoisotopic (exact) mass is 309 g/mol. The van der Waals surface area contributed by atoms with Gasteiger partial charge in [0.15, 0.2) is 5.82 Å². The Morgan fingerprint density at radius 2 is 1.90 bits per heavy atom. The molecule has 0 spiro atoms. The van der Waals surface area contributed by atoms with E-state index in [0.717, 1.165) is 12.8 Å². The average Bonchev–Trinajstić information content (AvgIpc) is 2.79. The third-order valence-electron chi connectivity index (χ3n) is 3.08. The van der Waals surface area contributed by atoms with Crippen molar-refractivity contribution in [1.82, 2.24) is 10.1 Å². The van der Waals surface area contributed by atoms with Crippen LogP contribution in [0.4, 0.5) is 13.2 Å². The summed E-state index contributed by atoms with van der Waals surface area (Å²) in [5.74, 6) is 0.856. The van der Waals surface area contributed by atoms with Gasteiger partial charge in [-0.2, -0.15) is 18.2 Å². The SMILES string of the molecule is CC(C)(CCN)CCc1nc(CCOCC(F)(F)F)no1. The quantitative estimate of drug-likeness (QED) is 0.709. The molecule has 122 valence electrons. The predicted molar refractivity (Wildman–Crippen MR) is 70.6 cm³/mol. The molecule has 0 aliphatic carbocycles. The molecule has 0 aliphatic heterocycles. The Bertz CT molecular complexity index is 419. The summed E-state index contributed by atoms with van der Waals surface area (Å²) in [7, 11) is 0. The van der Waals surface area contributed by atoms with Crippen molar-refractivity contribution in [3.63, 3.8) is 0 Å². The Hall–Kier alpha value is -1.15. The Morgan fingerprint density at radius 1 is 1.19 bits per heavy atom. The van der Waals surface area contributed by atoms with Crippen molar-refractivity contribution in [3.8, 4) is 0 Å². The van der Waals surface area contributed by atoms with Crippen LogP contribution in [0.25, 0.3) is 0 Å². The second-order valence-electron chi connectivity index (χ2n) is 5.72. The Labute approximate surface area is 122 Å². The first kappa shape index (κ1) is 17.9. The molecule has 0 fully saturated rings. The summed E-state index contributed by atoms with van der Waals surface area (Å²) in [5.41, 5.74) is 5.64. The summed E-state index contributed by atoms with van der Waals surface area (Å²) in [5, 5.41) is 3.72. The molecule has 0 saturated heterocycles. The minimum absolute atomic E-state index is 0.0862. The van der Waals surface area contributed by atoms with E-state index in [1.54, 1.807) is 0 Å². The fraction of sp³-hybridized carbons (Fsp3) is 0.846. The molecule has 0 saturated carbocycles. The zero-order valence-corrected chi connectivity index (χ0v) is 12.4. The van der Waals surface area contributed by atoms with E-state index in [2.05, 4.69) is 28.7 Å². The molecule has 0 unspecified atom stereocenters. The molecule has 1 heterocycles. The van der Waals surface area contributed by atoms with Gasteiger partial charge in [0.05, 0.1) is 6.61 Å². The highest BCUT2D eigenvalue weighted by Gasteiger charge is 2.27. The van der Waals surface area contributed by atoms with Crippen molar-refractivity contribution < 1.29 is 22.4 Å². The van der Waals surface area contributed by atoms with Gasteiger partial charge < -0.3 is 15.0 Å². The smallest absolute Gasteiger partial charge is 0.372 e. The number of rotatable bonds is 9. The maximum Gasteiger partial charge on any atom is 0.411 e. The van der Waals surface area contributed by atoms with Crippen LogP contribution in [0.15, 0.2) is 4.52 Å². The van der Waals surface area contributed by atoms with Gasteiger partial charge in [0, 0.05) is 12.8 Å². The van der Waals surface area contributed by atoms with Gasteiger partial charge >= 0.3 is 6.18 Å². The predicted octanol–water partition coefficient (Wildman–Crippen LogP) is 2.50. The van der Waals surface area contributed by atoms with Gasteiger partial charge in [-0.1, -0.05) is 19.0 Å². The number of nitrogens with zero attached hydrogens (tertiary/aromatic N) is 2. The summed E-state index contributed by atoms with van der Waals surface area (Å²) < 4.78 is 45.2. The van der Waals surface area contributed by atoms with E-state index in [-0.39, 0.29) is 18.4 Å². The number of aromatic nitrogens is 2. The molecule has 1 aromatic heterocycles. The second-order valence-corrected chi connectivity index (χ2v) is 5.72. The molecule has 5 nitrogen and oxygen atoms in total. The van der Waals surface area contributed by atoms with Gasteiger partial charge in [0.2, 0.25) is 5.89 Å². The number of ether oxygens (including phenoxy) is 1. The maximum atomic E-state index is 11.9. The standard InChI is InChI=1S/C13H22F3N3O2/c1-12(2,6-7-17)5-3-11-18-10(19-21-11)4-8-20-9-13(14,15)16/h3-9,17H2,1-2H3. The lowest BCUT2D eigenvalue weighted by Gasteiger charge is -2.22. The topological polar surface area (TPSA) is 74.2 Å². The largest absolute Gasteiger partial charge is 0.411 e. The molecule has 0 amide bonds. The summed E-state index contributed by atoms with van der Waals surface area (Å²) in [6, 6.07) is 0. The molecule has 21 heavy (non-hydrogen) atoms. The molecule has 0 radical (unpaired) electrons. The van der Waals surface area contributed by atoms with E-state index in [9.17, 15) is 13.2 Å². The van der Waals surface area contributed by atoms with Crippen LogP contribution >= 0.6 is 0 Å². The summed E-state index contributed by atoms with van der Waals surface area (Å²) in [6.45, 7) is 3.50. The van der Waals surface area contributed by atoms with E-state index in [0.29, 0.717) is 24.7 Å². The third kappa shape index (κ3) is 8.01. The van der Waals surface area contributed by atoms with Gasteiger partial charge in [-0.3, -0.25) is 0 Å². The van der Waals surface area contributed by atoms with Crippen molar-refractivity contribution in [1.29, 1.82) is 0 Å². The van der Waals surface area contributed by atoms with E-state index < -0.39 is 12.8 Å². The Balaban J connectivity index is 2.30. The highest BCUT2D eigenvalue weighted by Crippen LogP contribution is 2.25. The first-order chi connectivity index (χ1) is 9.72. The molecule has 0 atom stereocenters. The zero-order valence-electron chi connectivity index (χ0n) is 12.4. The van der Waals surface area contributed by atoms with Crippen LogP contribution in [0.2, 0.25) is 0 Å². The second kappa shape index (κ2) is 7.74. The highest BCUT2D eigenvalue weighted by atomic mass is 19.4. The summed E-state index contributed by atoms with van der Waals surface area (Å²) >= 11 is 0. The van der Waals surface area contributed by atoms with Crippen LogP contribution in [0, 0.1) is 5.41 Å². The van der Waals surface area contributed by atoms with Crippen LogP contribution < -0.4 is 5.73 Å². The molecule has 8 heteroatoms. The van der Waals surface area contributed by atoms with Crippen LogP contribution in [0.1, 0.15) is 38.4 Å². The zero-order chi connectivity index (χ0) is 15.9. The normalized spacial score (nSPS) is 12.9. The van der Waals surface area contributed by atoms with E-state index in [4.69, 9.17) is 10.3 Å². The molecule has 0 aromatic carbocycles. The van der Waals surface area contributed by atoms with Crippen molar-refractivity contribution in [2.24, 2.45) is 11.1 Å². The fourth-order valence-electron chi connectivity index (χ4n) is 1.81. The van der Waals surface area contributed by atoms with Crippen LogP contribution in [-0.4, -0.2) is 36.1 Å². The lowest BCUT2D eigenvalue weighted by Crippen LogP contribution is -2.18. The minimum Gasteiger partial charge on any atom is -0.372 e. The third-order valence-corrected chi connectivity index (χ3v) is 3.08. The molecule has 2 N–H and O–H groups in total. The van der Waals surface area contributed by atoms with Crippen LogP contribution in [0.3, 0.4) is 0 Å². The Morgan fingerprint density at radius 3 is 2.52 bits per heavy atom. The number of halogens is 3. The lowest BCUT2D eigenvalue weighted by atomic mass is 9.84. The van der Waals surface area contributed by atoms with Crippen molar-refractivity contribution in [2.45, 2.75) is 45.7 Å². The van der Waals surface area contributed by atoms with E-state index in [1.165, 1.54) is 0 Å². The molecular formula is C13H22F3N3O2. The molecule has 1 rings (SSSR count). The first-order valence-electron chi connectivity index (χ1n) is 6.88. The number of aryl methyl sites for hydroxylation is 1. The molecule has 0 bridgehead atoms. The lowest BCUT2D eigenvalue weighted by molar-refractivity contribution is -0.173. The number of nitrogens with two attached hydrogens (primary N) is 1. The van der Waals surface area contributed by atoms with Crippen molar-refractivity contribution >= 4 is 0 Å². The van der Waals surface area contributed by atoms with E-state index >= 15 is 0 Å². The van der Waals surface area contributed by atoms with Gasteiger partial charge in [0.25, 0.3) is 0 Å². The van der Waals surface area contributed by atoms with Gasteiger partial charge in [-0.25, -0.2) is 0 Å².